The van der Waals surface area contributed by atoms with Gasteiger partial charge in [-0.1, -0.05) is 0 Å². The summed E-state index contributed by atoms with van der Waals surface area (Å²) in [6.45, 7) is -0.896. The second-order valence-electron chi connectivity index (χ2n) is 4.41. The lowest BCUT2D eigenvalue weighted by atomic mass is 10.1. The maximum atomic E-state index is 14.5. The summed E-state index contributed by atoms with van der Waals surface area (Å²) in [5.74, 6) is -2.08. The number of aliphatic hydroxyl groups is 1. The highest BCUT2D eigenvalue weighted by Gasteiger charge is 2.61. The SMILES string of the molecule is CO[C@]1(CO)OC(n2ccc(=O)[nH]c2=O)C(F)C1O[P+](=O)O. The first-order valence-corrected chi connectivity index (χ1v) is 7.10. The normalized spacial score (nSPS) is 32.2. The molecule has 0 amide bonds. The van der Waals surface area contributed by atoms with Crippen molar-refractivity contribution in [2.24, 2.45) is 0 Å². The van der Waals surface area contributed by atoms with Crippen LogP contribution in [-0.2, 0) is 18.6 Å². The molecule has 1 aromatic rings. The molecule has 122 valence electrons. The van der Waals surface area contributed by atoms with Gasteiger partial charge in [0, 0.05) is 23.9 Å². The zero-order valence-corrected chi connectivity index (χ0v) is 12.1. The highest BCUT2D eigenvalue weighted by atomic mass is 31.1. The van der Waals surface area contributed by atoms with E-state index in [9.17, 15) is 23.7 Å². The molecule has 10 nitrogen and oxygen atoms in total. The fourth-order valence-corrected chi connectivity index (χ4v) is 2.63. The number of ether oxygens (including phenoxy) is 2. The number of H-pyrrole nitrogens is 1. The number of alkyl halides is 1. The Morgan fingerprint density at radius 2 is 2.27 bits per heavy atom. The van der Waals surface area contributed by atoms with E-state index in [4.69, 9.17) is 14.4 Å². The Labute approximate surface area is 123 Å². The third-order valence-corrected chi connectivity index (χ3v) is 3.62. The molecule has 0 bridgehead atoms. The van der Waals surface area contributed by atoms with Crippen LogP contribution in [0, 0.1) is 0 Å². The second-order valence-corrected chi connectivity index (χ2v) is 5.09. The number of rotatable bonds is 5. The maximum absolute atomic E-state index is 14.5. The van der Waals surface area contributed by atoms with E-state index in [1.54, 1.807) is 0 Å². The van der Waals surface area contributed by atoms with Gasteiger partial charge in [-0.05, 0) is 0 Å². The molecule has 0 saturated carbocycles. The standard InChI is InChI=1S/C10H12FN2O8P/c1-19-10(4-14)7(21-22(17)18)6(11)8(20-10)13-3-2-5(15)12-9(13)16/h2-3,6-8,14H,4H2,1H3,(H-,12,15,16,17,18)/p+1/t6?,7?,8?,10-/m1/s1. The molecule has 0 spiro atoms. The number of aliphatic hydroxyl groups excluding tert-OH is 1. The van der Waals surface area contributed by atoms with E-state index in [0.29, 0.717) is 4.57 Å². The molecule has 5 atom stereocenters. The molecule has 0 radical (unpaired) electrons. The van der Waals surface area contributed by atoms with Gasteiger partial charge in [-0.3, -0.25) is 14.3 Å². The minimum atomic E-state index is -3.22. The Bertz CT molecular complexity index is 671. The summed E-state index contributed by atoms with van der Waals surface area (Å²) in [5, 5.41) is 9.38. The van der Waals surface area contributed by atoms with Crippen LogP contribution in [0.5, 0.6) is 0 Å². The van der Waals surface area contributed by atoms with E-state index in [1.165, 1.54) is 0 Å². The molecule has 1 saturated heterocycles. The molecule has 4 unspecified atom stereocenters. The Balaban J connectivity index is 2.45. The number of methoxy groups -OCH3 is 1. The van der Waals surface area contributed by atoms with Gasteiger partial charge in [-0.2, -0.15) is 0 Å². The van der Waals surface area contributed by atoms with Crippen LogP contribution in [0.4, 0.5) is 4.39 Å². The average Bonchev–Trinajstić information content (AvgIpc) is 2.73. The third kappa shape index (κ3) is 2.86. The highest BCUT2D eigenvalue weighted by molar-refractivity contribution is 7.32. The van der Waals surface area contributed by atoms with Gasteiger partial charge in [-0.15, -0.1) is 9.42 Å². The van der Waals surface area contributed by atoms with Gasteiger partial charge in [-0.25, -0.2) is 9.18 Å². The van der Waals surface area contributed by atoms with Crippen molar-refractivity contribution in [2.45, 2.75) is 24.3 Å². The first-order valence-electron chi connectivity index (χ1n) is 5.97. The summed E-state index contributed by atoms with van der Waals surface area (Å²) in [7, 11) is -2.14. The Kier molecular flexibility index (Phi) is 4.85. The molecule has 3 N–H and O–H groups in total. The predicted octanol–water partition coefficient (Wildman–Crippen LogP) is -1.23. The van der Waals surface area contributed by atoms with Crippen LogP contribution in [0.25, 0.3) is 0 Å². The molecule has 0 aliphatic carbocycles. The molecule has 1 aromatic heterocycles. The zero-order chi connectivity index (χ0) is 16.5. The molecular formula is C10H13FN2O8P+. The van der Waals surface area contributed by atoms with E-state index in [-0.39, 0.29) is 0 Å². The first kappa shape index (κ1) is 16.9. The quantitative estimate of drug-likeness (QED) is 0.567. The van der Waals surface area contributed by atoms with Gasteiger partial charge < -0.3 is 14.6 Å². The molecule has 2 heterocycles. The summed E-state index contributed by atoms with van der Waals surface area (Å²) in [6.07, 6.45) is -4.53. The van der Waals surface area contributed by atoms with Crippen LogP contribution in [0.2, 0.25) is 0 Å². The van der Waals surface area contributed by atoms with E-state index >= 15 is 0 Å². The Hall–Kier alpha value is -1.49. The molecule has 22 heavy (non-hydrogen) atoms. The summed E-state index contributed by atoms with van der Waals surface area (Å²) in [5.41, 5.74) is -1.65. The van der Waals surface area contributed by atoms with Crippen molar-refractivity contribution in [3.8, 4) is 0 Å². The summed E-state index contributed by atoms with van der Waals surface area (Å²) < 4.78 is 40.7. The van der Waals surface area contributed by atoms with E-state index in [2.05, 4.69) is 4.52 Å². The Morgan fingerprint density at radius 3 is 2.77 bits per heavy atom. The van der Waals surface area contributed by atoms with Crippen molar-refractivity contribution < 1.29 is 33.0 Å². The molecule has 0 aromatic carbocycles. The van der Waals surface area contributed by atoms with Gasteiger partial charge in [0.25, 0.3) is 5.56 Å². The van der Waals surface area contributed by atoms with Crippen molar-refractivity contribution in [1.29, 1.82) is 0 Å². The lowest BCUT2D eigenvalue weighted by molar-refractivity contribution is -0.266. The van der Waals surface area contributed by atoms with E-state index in [1.807, 2.05) is 4.98 Å². The van der Waals surface area contributed by atoms with Crippen LogP contribution >= 0.6 is 8.25 Å². The zero-order valence-electron chi connectivity index (χ0n) is 11.2. The Morgan fingerprint density at radius 1 is 1.59 bits per heavy atom. The summed E-state index contributed by atoms with van der Waals surface area (Å²) in [4.78, 5) is 33.4. The van der Waals surface area contributed by atoms with Crippen LogP contribution in [0.15, 0.2) is 21.9 Å². The molecular weight excluding hydrogens is 326 g/mol. The van der Waals surface area contributed by atoms with Crippen molar-refractivity contribution in [3.63, 3.8) is 0 Å². The van der Waals surface area contributed by atoms with Gasteiger partial charge in [0.1, 0.15) is 6.61 Å². The number of nitrogens with zero attached hydrogens (tertiary/aromatic N) is 1. The molecule has 1 fully saturated rings. The average molecular weight is 339 g/mol. The van der Waals surface area contributed by atoms with Gasteiger partial charge >= 0.3 is 13.9 Å². The van der Waals surface area contributed by atoms with Crippen LogP contribution < -0.4 is 11.2 Å². The number of halogens is 1. The lowest BCUT2D eigenvalue weighted by Gasteiger charge is -2.27. The summed E-state index contributed by atoms with van der Waals surface area (Å²) in [6, 6.07) is 0.964. The van der Waals surface area contributed by atoms with Gasteiger partial charge in [0.05, 0.1) is 0 Å². The third-order valence-electron chi connectivity index (χ3n) is 3.21. The van der Waals surface area contributed by atoms with Crippen LogP contribution in [-0.4, -0.2) is 51.3 Å². The largest absolute Gasteiger partial charge is 0.695 e. The molecule has 1 aliphatic rings. The maximum Gasteiger partial charge on any atom is 0.695 e. The molecule has 1 aliphatic heterocycles. The van der Waals surface area contributed by atoms with Crippen molar-refractivity contribution in [2.75, 3.05) is 13.7 Å². The topological polar surface area (TPSA) is 140 Å². The minimum absolute atomic E-state index is 0.693. The molecule has 2 rings (SSSR count). The van der Waals surface area contributed by atoms with Gasteiger partial charge in [0.15, 0.2) is 12.4 Å². The monoisotopic (exact) mass is 339 g/mol. The van der Waals surface area contributed by atoms with Crippen molar-refractivity contribution in [1.82, 2.24) is 9.55 Å². The van der Waals surface area contributed by atoms with E-state index in [0.717, 1.165) is 19.4 Å². The smallest absolute Gasteiger partial charge is 0.391 e. The van der Waals surface area contributed by atoms with Gasteiger partial charge in [0.2, 0.25) is 11.9 Å². The number of nitrogens with one attached hydrogen (secondary N) is 1. The fourth-order valence-electron chi connectivity index (χ4n) is 2.16. The fraction of sp³-hybridized carbons (Fsp3) is 0.600. The lowest BCUT2D eigenvalue weighted by Crippen LogP contribution is -2.47. The summed E-state index contributed by atoms with van der Waals surface area (Å²) >= 11 is 0. The number of hydrogen-bond acceptors (Lipinski definition) is 7. The van der Waals surface area contributed by atoms with Crippen LogP contribution in [0.3, 0.4) is 0 Å². The van der Waals surface area contributed by atoms with Crippen molar-refractivity contribution >= 4 is 8.25 Å². The second kappa shape index (κ2) is 6.32. The number of hydrogen-bond donors (Lipinski definition) is 3. The first-order chi connectivity index (χ1) is 10.3. The highest BCUT2D eigenvalue weighted by Crippen LogP contribution is 2.43. The number of aromatic amines is 1. The van der Waals surface area contributed by atoms with Crippen LogP contribution in [0.1, 0.15) is 6.23 Å². The van der Waals surface area contributed by atoms with Crippen molar-refractivity contribution in [3.05, 3.63) is 33.1 Å². The minimum Gasteiger partial charge on any atom is -0.391 e. The predicted molar refractivity (Wildman–Crippen MR) is 67.9 cm³/mol. The molecule has 12 heteroatoms. The number of aromatic nitrogens is 2. The van der Waals surface area contributed by atoms with E-state index < -0.39 is 50.4 Å².